The molecule has 0 bridgehead atoms. The van der Waals surface area contributed by atoms with E-state index in [0.717, 1.165) is 11.1 Å². The quantitative estimate of drug-likeness (QED) is 0.830. The number of esters is 1. The Balaban J connectivity index is 1.98. The monoisotopic (exact) mass is 351 g/mol. The van der Waals surface area contributed by atoms with Crippen molar-refractivity contribution < 1.29 is 14.3 Å². The van der Waals surface area contributed by atoms with E-state index < -0.39 is 18.5 Å². The highest BCUT2D eigenvalue weighted by Crippen LogP contribution is 2.29. The minimum Gasteiger partial charge on any atom is -0.452 e. The summed E-state index contributed by atoms with van der Waals surface area (Å²) in [4.78, 5) is 23.9. The lowest BCUT2D eigenvalue weighted by Crippen LogP contribution is -2.21. The van der Waals surface area contributed by atoms with Crippen molar-refractivity contribution in [2.75, 3.05) is 11.9 Å². The molecule has 2 rings (SSSR count). The van der Waals surface area contributed by atoms with Gasteiger partial charge in [0.05, 0.1) is 21.3 Å². The zero-order valence-electron chi connectivity index (χ0n) is 12.7. The van der Waals surface area contributed by atoms with Crippen LogP contribution in [0.4, 0.5) is 5.69 Å². The second-order valence-corrected chi connectivity index (χ2v) is 5.76. The molecule has 0 aliphatic carbocycles. The van der Waals surface area contributed by atoms with Crippen LogP contribution in [0.3, 0.4) is 0 Å². The van der Waals surface area contributed by atoms with Crippen molar-refractivity contribution in [2.45, 2.75) is 13.8 Å². The van der Waals surface area contributed by atoms with Gasteiger partial charge in [0.25, 0.3) is 5.91 Å². The van der Waals surface area contributed by atoms with Crippen LogP contribution in [0.1, 0.15) is 21.5 Å². The molecule has 4 nitrogen and oxygen atoms in total. The van der Waals surface area contributed by atoms with Gasteiger partial charge < -0.3 is 10.1 Å². The van der Waals surface area contributed by atoms with E-state index in [1.807, 2.05) is 19.9 Å². The molecular formula is C17H15Cl2NO3. The Hall–Kier alpha value is -2.04. The van der Waals surface area contributed by atoms with E-state index >= 15 is 0 Å². The van der Waals surface area contributed by atoms with Crippen molar-refractivity contribution >= 4 is 40.8 Å². The predicted octanol–water partition coefficient (Wildman–Crippen LogP) is 4.41. The lowest BCUT2D eigenvalue weighted by Gasteiger charge is -2.10. The number of benzene rings is 2. The smallest absolute Gasteiger partial charge is 0.338 e. The molecule has 0 aromatic heterocycles. The molecule has 0 aliphatic heterocycles. The third kappa shape index (κ3) is 4.24. The van der Waals surface area contributed by atoms with Crippen LogP contribution in [0, 0.1) is 13.8 Å². The number of carbonyl (C=O) groups is 2. The standard InChI is InChI=1S/C17H15Cl2NO3/c1-10-5-3-6-12(11(10)2)17(22)23-9-15(21)20-14-8-4-7-13(18)16(14)19/h3-8H,9H2,1-2H3,(H,20,21). The highest BCUT2D eigenvalue weighted by molar-refractivity contribution is 6.44. The average molecular weight is 352 g/mol. The first-order chi connectivity index (χ1) is 10.9. The van der Waals surface area contributed by atoms with Gasteiger partial charge in [-0.05, 0) is 43.2 Å². The lowest BCUT2D eigenvalue weighted by molar-refractivity contribution is -0.119. The first kappa shape index (κ1) is 17.3. The van der Waals surface area contributed by atoms with Gasteiger partial charge in [0, 0.05) is 0 Å². The van der Waals surface area contributed by atoms with Crippen LogP contribution in [0.15, 0.2) is 36.4 Å². The number of aryl methyl sites for hydroxylation is 1. The summed E-state index contributed by atoms with van der Waals surface area (Å²) in [6, 6.07) is 10.2. The summed E-state index contributed by atoms with van der Waals surface area (Å²) in [5, 5.41) is 3.12. The van der Waals surface area contributed by atoms with E-state index in [-0.39, 0.29) is 5.02 Å². The molecule has 0 atom stereocenters. The van der Waals surface area contributed by atoms with Crippen molar-refractivity contribution in [3.8, 4) is 0 Å². The fourth-order valence-electron chi connectivity index (χ4n) is 1.97. The zero-order valence-corrected chi connectivity index (χ0v) is 14.2. The summed E-state index contributed by atoms with van der Waals surface area (Å²) >= 11 is 11.8. The fraction of sp³-hybridized carbons (Fsp3) is 0.176. The molecule has 0 heterocycles. The number of amides is 1. The molecule has 120 valence electrons. The Labute approximate surface area is 144 Å². The average Bonchev–Trinajstić information content (AvgIpc) is 2.52. The molecule has 6 heteroatoms. The number of anilines is 1. The van der Waals surface area contributed by atoms with Gasteiger partial charge in [-0.3, -0.25) is 4.79 Å². The van der Waals surface area contributed by atoms with Crippen molar-refractivity contribution in [1.29, 1.82) is 0 Å². The van der Waals surface area contributed by atoms with Crippen LogP contribution in [0.2, 0.25) is 10.0 Å². The first-order valence-electron chi connectivity index (χ1n) is 6.87. The number of halogens is 2. The Morgan fingerprint density at radius 3 is 2.52 bits per heavy atom. The number of hydrogen-bond acceptors (Lipinski definition) is 3. The number of ether oxygens (including phenoxy) is 1. The molecule has 0 spiro atoms. The van der Waals surface area contributed by atoms with Crippen LogP contribution >= 0.6 is 23.2 Å². The van der Waals surface area contributed by atoms with Gasteiger partial charge in [-0.1, -0.05) is 41.4 Å². The highest BCUT2D eigenvalue weighted by Gasteiger charge is 2.14. The van der Waals surface area contributed by atoms with E-state index in [1.54, 1.807) is 30.3 Å². The number of rotatable bonds is 4. The predicted molar refractivity (Wildman–Crippen MR) is 91.3 cm³/mol. The van der Waals surface area contributed by atoms with Gasteiger partial charge in [-0.15, -0.1) is 0 Å². The summed E-state index contributed by atoms with van der Waals surface area (Å²) in [6.07, 6.45) is 0. The molecule has 0 unspecified atom stereocenters. The maximum absolute atomic E-state index is 12.0. The third-order valence-electron chi connectivity index (χ3n) is 3.38. The second-order valence-electron chi connectivity index (χ2n) is 4.97. The van der Waals surface area contributed by atoms with Crippen molar-refractivity contribution in [3.05, 3.63) is 63.1 Å². The summed E-state index contributed by atoms with van der Waals surface area (Å²) in [6.45, 7) is 3.33. The third-order valence-corrected chi connectivity index (χ3v) is 4.20. The summed E-state index contributed by atoms with van der Waals surface area (Å²) < 4.78 is 5.04. The normalized spacial score (nSPS) is 10.3. The number of carbonyl (C=O) groups excluding carboxylic acids is 2. The Bertz CT molecular complexity index is 759. The van der Waals surface area contributed by atoms with E-state index in [2.05, 4.69) is 5.32 Å². The van der Waals surface area contributed by atoms with Gasteiger partial charge >= 0.3 is 5.97 Å². The summed E-state index contributed by atoms with van der Waals surface area (Å²) in [5.74, 6) is -1.04. The second kappa shape index (κ2) is 7.49. The summed E-state index contributed by atoms with van der Waals surface area (Å²) in [5.41, 5.74) is 2.62. The number of nitrogens with one attached hydrogen (secondary N) is 1. The van der Waals surface area contributed by atoms with Gasteiger partial charge in [-0.25, -0.2) is 4.79 Å². The van der Waals surface area contributed by atoms with Crippen molar-refractivity contribution in [2.24, 2.45) is 0 Å². The largest absolute Gasteiger partial charge is 0.452 e. The maximum atomic E-state index is 12.0. The minimum atomic E-state index is -0.543. The summed E-state index contributed by atoms with van der Waals surface area (Å²) in [7, 11) is 0. The fourth-order valence-corrected chi connectivity index (χ4v) is 2.32. The molecule has 1 amide bonds. The maximum Gasteiger partial charge on any atom is 0.338 e. The molecule has 0 fully saturated rings. The molecule has 23 heavy (non-hydrogen) atoms. The highest BCUT2D eigenvalue weighted by atomic mass is 35.5. The van der Waals surface area contributed by atoms with Crippen LogP contribution in [-0.4, -0.2) is 18.5 Å². The Kier molecular flexibility index (Phi) is 5.64. The molecule has 0 saturated heterocycles. The van der Waals surface area contributed by atoms with Gasteiger partial charge in [0.2, 0.25) is 0 Å². The molecule has 0 radical (unpaired) electrons. The van der Waals surface area contributed by atoms with Crippen molar-refractivity contribution in [1.82, 2.24) is 0 Å². The molecule has 2 aromatic rings. The topological polar surface area (TPSA) is 55.4 Å². The van der Waals surface area contributed by atoms with Gasteiger partial charge in [0.15, 0.2) is 6.61 Å². The molecule has 0 saturated carbocycles. The Morgan fingerprint density at radius 1 is 1.09 bits per heavy atom. The lowest BCUT2D eigenvalue weighted by atomic mass is 10.0. The molecule has 0 aliphatic rings. The van der Waals surface area contributed by atoms with Crippen LogP contribution in [-0.2, 0) is 9.53 Å². The Morgan fingerprint density at radius 2 is 1.78 bits per heavy atom. The molecular weight excluding hydrogens is 337 g/mol. The van der Waals surface area contributed by atoms with E-state index in [9.17, 15) is 9.59 Å². The minimum absolute atomic E-state index is 0.239. The van der Waals surface area contributed by atoms with Crippen LogP contribution < -0.4 is 5.32 Å². The number of hydrogen-bond donors (Lipinski definition) is 1. The SMILES string of the molecule is Cc1cccc(C(=O)OCC(=O)Nc2cccc(Cl)c2Cl)c1C. The van der Waals surface area contributed by atoms with Gasteiger partial charge in [0.1, 0.15) is 0 Å². The molecule has 1 N–H and O–H groups in total. The van der Waals surface area contributed by atoms with Crippen molar-refractivity contribution in [3.63, 3.8) is 0 Å². The zero-order chi connectivity index (χ0) is 17.0. The van der Waals surface area contributed by atoms with E-state index in [0.29, 0.717) is 16.3 Å². The van der Waals surface area contributed by atoms with Gasteiger partial charge in [-0.2, -0.15) is 0 Å². The van der Waals surface area contributed by atoms with Crippen LogP contribution in [0.25, 0.3) is 0 Å². The van der Waals surface area contributed by atoms with E-state index in [4.69, 9.17) is 27.9 Å². The first-order valence-corrected chi connectivity index (χ1v) is 7.63. The van der Waals surface area contributed by atoms with Crippen LogP contribution in [0.5, 0.6) is 0 Å². The molecule has 2 aromatic carbocycles. The van der Waals surface area contributed by atoms with E-state index in [1.165, 1.54) is 0 Å².